The van der Waals surface area contributed by atoms with Crippen molar-refractivity contribution < 1.29 is 0 Å². The minimum atomic E-state index is 0.192. The lowest BCUT2D eigenvalue weighted by Crippen LogP contribution is -2.31. The number of rotatable bonds is 5. The van der Waals surface area contributed by atoms with E-state index in [-0.39, 0.29) is 6.04 Å². The van der Waals surface area contributed by atoms with Gasteiger partial charge in [-0.1, -0.05) is 23.4 Å². The van der Waals surface area contributed by atoms with Gasteiger partial charge in [-0.05, 0) is 25.6 Å². The zero-order chi connectivity index (χ0) is 17.2. The lowest BCUT2D eigenvalue weighted by atomic mass is 10.1. The molecule has 25 heavy (non-hydrogen) atoms. The second-order valence-corrected chi connectivity index (χ2v) is 6.59. The minimum Gasteiger partial charge on any atom is -0.306 e. The number of fused-ring (bicyclic) bond motifs is 1. The van der Waals surface area contributed by atoms with Crippen LogP contribution in [0.15, 0.2) is 42.9 Å². The van der Waals surface area contributed by atoms with Crippen LogP contribution in [0, 0.1) is 0 Å². The van der Waals surface area contributed by atoms with E-state index < -0.39 is 0 Å². The number of nitrogens with zero attached hydrogens (tertiary/aromatic N) is 6. The summed E-state index contributed by atoms with van der Waals surface area (Å²) in [6, 6.07) is 8.48. The van der Waals surface area contributed by atoms with Crippen molar-refractivity contribution in [1.82, 2.24) is 35.0 Å². The van der Waals surface area contributed by atoms with Crippen LogP contribution in [0.5, 0.6) is 0 Å². The first-order chi connectivity index (χ1) is 12.2. The molecule has 1 atom stereocenters. The first-order valence-corrected chi connectivity index (χ1v) is 8.63. The van der Waals surface area contributed by atoms with Crippen molar-refractivity contribution >= 4 is 0 Å². The van der Waals surface area contributed by atoms with E-state index in [1.165, 1.54) is 16.8 Å². The van der Waals surface area contributed by atoms with Crippen molar-refractivity contribution in [3.63, 3.8) is 0 Å². The average Bonchev–Trinajstić information content (AvgIpc) is 3.29. The van der Waals surface area contributed by atoms with Gasteiger partial charge in [0.05, 0.1) is 36.5 Å². The van der Waals surface area contributed by atoms with E-state index in [1.54, 1.807) is 6.20 Å². The van der Waals surface area contributed by atoms with Crippen molar-refractivity contribution in [2.75, 3.05) is 13.6 Å². The molecular weight excluding hydrogens is 314 g/mol. The second-order valence-electron chi connectivity index (χ2n) is 6.59. The predicted octanol–water partition coefficient (Wildman–Crippen LogP) is 1.76. The number of likely N-dealkylation sites (N-methyl/N-ethyl adjacent to an activating group) is 1. The molecule has 0 saturated carbocycles. The van der Waals surface area contributed by atoms with E-state index >= 15 is 0 Å². The molecular formula is C18H23N7. The molecule has 1 N–H and O–H groups in total. The Morgan fingerprint density at radius 1 is 1.24 bits per heavy atom. The Morgan fingerprint density at radius 2 is 2.12 bits per heavy atom. The summed E-state index contributed by atoms with van der Waals surface area (Å²) >= 11 is 0. The highest BCUT2D eigenvalue weighted by Crippen LogP contribution is 2.22. The number of hydrogen-bond acceptors (Lipinski definition) is 5. The van der Waals surface area contributed by atoms with Crippen LogP contribution in [-0.4, -0.2) is 43.3 Å². The standard InChI is InChI=1S/C18H23N7/c1-14(16-5-3-4-6-17(16)25-8-7-20-22-25)19-11-15-12-21-24-10-9-23(2)13-18(15)24/h3-8,12,14,19H,9-11,13H2,1-2H3. The zero-order valence-corrected chi connectivity index (χ0v) is 14.6. The Hall–Kier alpha value is -2.51. The Bertz CT molecular complexity index is 837. The minimum absolute atomic E-state index is 0.192. The first-order valence-electron chi connectivity index (χ1n) is 8.63. The second kappa shape index (κ2) is 6.78. The molecule has 0 fully saturated rings. The molecule has 1 aliphatic heterocycles. The van der Waals surface area contributed by atoms with E-state index in [9.17, 15) is 0 Å². The van der Waals surface area contributed by atoms with E-state index in [0.29, 0.717) is 0 Å². The lowest BCUT2D eigenvalue weighted by molar-refractivity contribution is 0.257. The number of hydrogen-bond donors (Lipinski definition) is 1. The number of benzene rings is 1. The van der Waals surface area contributed by atoms with Gasteiger partial charge in [0, 0.05) is 31.2 Å². The molecule has 0 spiro atoms. The maximum atomic E-state index is 4.53. The largest absolute Gasteiger partial charge is 0.306 e. The van der Waals surface area contributed by atoms with Crippen molar-refractivity contribution in [3.8, 4) is 5.69 Å². The van der Waals surface area contributed by atoms with E-state index in [1.807, 2.05) is 23.1 Å². The van der Waals surface area contributed by atoms with Gasteiger partial charge in [-0.25, -0.2) is 4.68 Å². The fourth-order valence-corrected chi connectivity index (χ4v) is 3.35. The molecule has 7 heteroatoms. The molecule has 2 aromatic heterocycles. The Morgan fingerprint density at radius 3 is 2.96 bits per heavy atom. The molecule has 7 nitrogen and oxygen atoms in total. The van der Waals surface area contributed by atoms with Crippen LogP contribution in [0.4, 0.5) is 0 Å². The highest BCUT2D eigenvalue weighted by atomic mass is 15.4. The van der Waals surface area contributed by atoms with Gasteiger partial charge in [0.15, 0.2) is 0 Å². The Labute approximate surface area is 147 Å². The van der Waals surface area contributed by atoms with Gasteiger partial charge in [-0.15, -0.1) is 5.10 Å². The molecule has 0 bridgehead atoms. The fraction of sp³-hybridized carbons (Fsp3) is 0.389. The Kier molecular flexibility index (Phi) is 4.33. The molecule has 1 aliphatic rings. The summed E-state index contributed by atoms with van der Waals surface area (Å²) in [7, 11) is 2.16. The van der Waals surface area contributed by atoms with Crippen molar-refractivity contribution in [2.24, 2.45) is 0 Å². The third kappa shape index (κ3) is 3.20. The summed E-state index contributed by atoms with van der Waals surface area (Å²) < 4.78 is 3.94. The van der Waals surface area contributed by atoms with E-state index in [4.69, 9.17) is 0 Å². The topological polar surface area (TPSA) is 63.8 Å². The fourth-order valence-electron chi connectivity index (χ4n) is 3.35. The van der Waals surface area contributed by atoms with Gasteiger partial charge in [-0.3, -0.25) is 9.58 Å². The number of nitrogens with one attached hydrogen (secondary N) is 1. The summed E-state index contributed by atoms with van der Waals surface area (Å²) in [5.41, 5.74) is 4.84. The van der Waals surface area contributed by atoms with Crippen molar-refractivity contribution in [3.05, 3.63) is 59.7 Å². The SMILES string of the molecule is CC(NCc1cnn2c1CN(C)CC2)c1ccccc1-n1ccnn1. The molecule has 1 unspecified atom stereocenters. The summed E-state index contributed by atoms with van der Waals surface area (Å²) in [5, 5.41) is 16.2. The van der Waals surface area contributed by atoms with Crippen LogP contribution in [-0.2, 0) is 19.6 Å². The normalized spacial score (nSPS) is 15.9. The van der Waals surface area contributed by atoms with Crippen LogP contribution in [0.25, 0.3) is 5.69 Å². The summed E-state index contributed by atoms with van der Waals surface area (Å²) in [6.07, 6.45) is 5.57. The summed E-state index contributed by atoms with van der Waals surface area (Å²) in [6.45, 7) is 5.97. The van der Waals surface area contributed by atoms with Gasteiger partial charge in [-0.2, -0.15) is 5.10 Å². The molecule has 0 saturated heterocycles. The van der Waals surface area contributed by atoms with Gasteiger partial charge >= 0.3 is 0 Å². The Balaban J connectivity index is 1.51. The average molecular weight is 337 g/mol. The van der Waals surface area contributed by atoms with E-state index in [2.05, 4.69) is 62.5 Å². The molecule has 0 aliphatic carbocycles. The summed E-state index contributed by atoms with van der Waals surface area (Å²) in [5.74, 6) is 0. The molecule has 1 aromatic carbocycles. The molecule has 130 valence electrons. The monoisotopic (exact) mass is 337 g/mol. The smallest absolute Gasteiger partial charge is 0.0711 e. The summed E-state index contributed by atoms with van der Waals surface area (Å²) in [4.78, 5) is 2.34. The number of aromatic nitrogens is 5. The van der Waals surface area contributed by atoms with Crippen LogP contribution in [0.3, 0.4) is 0 Å². The highest BCUT2D eigenvalue weighted by Gasteiger charge is 2.19. The molecule has 4 rings (SSSR count). The van der Waals surface area contributed by atoms with Gasteiger partial charge in [0.2, 0.25) is 0 Å². The quantitative estimate of drug-likeness (QED) is 0.769. The van der Waals surface area contributed by atoms with E-state index in [0.717, 1.165) is 31.9 Å². The lowest BCUT2D eigenvalue weighted by Gasteiger charge is -2.24. The molecule has 3 heterocycles. The van der Waals surface area contributed by atoms with Crippen LogP contribution in [0.1, 0.15) is 29.8 Å². The predicted molar refractivity (Wildman–Crippen MR) is 95.2 cm³/mol. The molecule has 0 amide bonds. The van der Waals surface area contributed by atoms with Crippen LogP contribution < -0.4 is 5.32 Å². The third-order valence-electron chi connectivity index (χ3n) is 4.82. The molecule has 3 aromatic rings. The number of para-hydroxylation sites is 1. The van der Waals surface area contributed by atoms with Crippen LogP contribution in [0.2, 0.25) is 0 Å². The third-order valence-corrected chi connectivity index (χ3v) is 4.82. The van der Waals surface area contributed by atoms with Crippen LogP contribution >= 0.6 is 0 Å². The van der Waals surface area contributed by atoms with Gasteiger partial charge in [0.1, 0.15) is 0 Å². The maximum absolute atomic E-state index is 4.53. The molecule has 0 radical (unpaired) electrons. The zero-order valence-electron chi connectivity index (χ0n) is 14.6. The van der Waals surface area contributed by atoms with Crippen molar-refractivity contribution in [1.29, 1.82) is 0 Å². The maximum Gasteiger partial charge on any atom is 0.0711 e. The first kappa shape index (κ1) is 16.0. The van der Waals surface area contributed by atoms with Gasteiger partial charge < -0.3 is 5.32 Å². The van der Waals surface area contributed by atoms with Crippen molar-refractivity contribution in [2.45, 2.75) is 32.6 Å². The highest BCUT2D eigenvalue weighted by molar-refractivity contribution is 5.41. The van der Waals surface area contributed by atoms with Gasteiger partial charge in [0.25, 0.3) is 0 Å².